The van der Waals surface area contributed by atoms with Crippen molar-refractivity contribution in [3.05, 3.63) is 330 Å². The van der Waals surface area contributed by atoms with Crippen LogP contribution >= 0.6 is 0 Å². The lowest BCUT2D eigenvalue weighted by molar-refractivity contribution is 0.0720. The Hall–Kier alpha value is -15.4. The zero-order chi connectivity index (χ0) is 100. The minimum Gasteiger partial charge on any atom is -0.383 e. The number of nitrogens with zero attached hydrogens (tertiary/aromatic N) is 24. The van der Waals surface area contributed by atoms with Crippen LogP contribution in [0, 0.1) is 12.8 Å². The van der Waals surface area contributed by atoms with E-state index in [1.807, 2.05) is 109 Å². The van der Waals surface area contributed by atoms with Gasteiger partial charge in [-0.3, -0.25) is 41.1 Å². The van der Waals surface area contributed by atoms with E-state index < -0.39 is 6.55 Å². The fraction of sp³-hybridized carbons (Fsp3) is 0.333. The van der Waals surface area contributed by atoms with Crippen molar-refractivity contribution >= 4 is 44.7 Å². The zero-order valence-corrected chi connectivity index (χ0v) is 83.6. The summed E-state index contributed by atoms with van der Waals surface area (Å²) in [5.41, 5.74) is 20.3. The monoisotopic (exact) mass is 1920 g/mol. The molecule has 7 aromatic carbocycles. The smallest absolute Gasteiger partial charge is 0.330 e. The Morgan fingerprint density at radius 3 is 1.13 bits per heavy atom. The average Bonchev–Trinajstić information content (AvgIpc) is 1.62. The first kappa shape index (κ1) is 97.8. The van der Waals surface area contributed by atoms with Gasteiger partial charge in [-0.05, 0) is 127 Å². The molecule has 0 radical (unpaired) electrons. The summed E-state index contributed by atoms with van der Waals surface area (Å²) in [6.07, 6.45) is 26.0. The Kier molecular flexibility index (Phi) is 29.1. The maximum absolute atomic E-state index is 13.2. The SMILES string of the molecule is CC(C)c1ccccc1-c1ncc2c(n1)n(Cc1ccc(-c3nccn3C(F)F)cc1)c(=O)n2C.CC(C)c1ccccc1-c1ncc2c(n1)n(Cc1ccc(-c3nccn3C3CCNCC3)cc1)c(=O)n2C.COCCn1ccnc1-c1ccc(Cn2c(=O)n(C)c3cnc(-c4ccccc4C(C)C)nc32)cc1.Cc1cn(C)c(C2CCC(Cn3c(=O)n(C)c4cnc(-c5ccccc5C(C)C)nc43)CC2)n1. The molecular formula is C111H121F2N25O5. The average molecular weight is 1920 g/mol. The molecule has 0 bridgehead atoms. The number of piperidine rings is 1. The molecule has 1 N–H and O–H groups in total. The number of hydrogen-bond acceptors (Lipinski definition) is 18. The van der Waals surface area contributed by atoms with Crippen LogP contribution in [-0.4, -0.2) is 141 Å². The molecule has 1 saturated heterocycles. The summed E-state index contributed by atoms with van der Waals surface area (Å²) < 4.78 is 52.3. The van der Waals surface area contributed by atoms with Crippen molar-refractivity contribution in [2.45, 2.75) is 176 Å². The molecule has 2 fully saturated rings. The highest BCUT2D eigenvalue weighted by Crippen LogP contribution is 2.39. The summed E-state index contributed by atoms with van der Waals surface area (Å²) in [5, 5.41) is 3.43. The maximum Gasteiger partial charge on any atom is 0.330 e. The van der Waals surface area contributed by atoms with Gasteiger partial charge in [0.15, 0.2) is 45.9 Å². The number of aromatic nitrogens is 24. The minimum atomic E-state index is -2.67. The number of alkyl halides is 2. The summed E-state index contributed by atoms with van der Waals surface area (Å²) in [6.45, 7) is 21.9. The lowest BCUT2D eigenvalue weighted by atomic mass is 9.81. The standard InChI is InChI=1S/C30H33N7O.C28H30N6O2.C27H34N6O.C26H24F2N6O/c1-20(2)24-6-4-5-7-25(24)27-33-18-26-29(34-27)37(30(38)35(26)3)19-21-8-10-22(11-9-21)28-32-16-17-36(28)23-12-14-31-15-13-23;1-19(2)22-7-5-6-8-23(22)25-30-17-24-27(31-25)34(28(35)32(24)3)18-20-9-11-21(12-10-20)26-29-13-14-33(26)15-16-36-4;1-17(2)21-8-6-7-9-22(21)24-28-14-23-26(30-24)33(27(34)32(23)5)16-19-10-12-20(13-11-19)25-29-18(3)15-31(25)4;1-16(2)19-6-4-5-7-20(19)22-30-14-21-24(31-22)34(26(35)32(21)3)15-17-8-10-18(11-9-17)23-29-12-13-33(23)25(27)28/h4-11,16-18,20,23,31H,12-15,19H2,1-3H3;5-14,17,19H,15-16,18H2,1-4H3;6-9,14-15,17,19-20H,10-13,16H2,1-5H3;4-14,16,25H,15H2,1-3H3. The van der Waals surface area contributed by atoms with Gasteiger partial charge in [0.2, 0.25) is 0 Å². The van der Waals surface area contributed by atoms with Gasteiger partial charge in [-0.2, -0.15) is 8.78 Å². The van der Waals surface area contributed by atoms with Gasteiger partial charge in [0.25, 0.3) is 0 Å². The van der Waals surface area contributed by atoms with Gasteiger partial charge in [-0.1, -0.05) is 225 Å². The molecule has 0 unspecified atom stereocenters. The fourth-order valence-electron chi connectivity index (χ4n) is 19.9. The van der Waals surface area contributed by atoms with Crippen LogP contribution in [0.4, 0.5) is 8.78 Å². The molecule has 12 aromatic heterocycles. The molecule has 0 amide bonds. The lowest BCUT2D eigenvalue weighted by Crippen LogP contribution is -2.29. The van der Waals surface area contributed by atoms with Crippen molar-refractivity contribution < 1.29 is 13.5 Å². The van der Waals surface area contributed by atoms with E-state index in [1.54, 1.807) is 111 Å². The van der Waals surface area contributed by atoms with E-state index >= 15 is 0 Å². The Balaban J connectivity index is 0.000000126. The number of benzene rings is 7. The summed E-state index contributed by atoms with van der Waals surface area (Å²) >= 11 is 0. The van der Waals surface area contributed by atoms with Gasteiger partial charge in [0, 0.05) is 150 Å². The highest BCUT2D eigenvalue weighted by Gasteiger charge is 2.30. The molecule has 1 aliphatic carbocycles. The Labute approximate surface area is 827 Å². The second kappa shape index (κ2) is 42.5. The van der Waals surface area contributed by atoms with Gasteiger partial charge >= 0.3 is 29.3 Å². The predicted molar refractivity (Wildman–Crippen MR) is 556 cm³/mol. The number of nitrogens with one attached hydrogen (secondary N) is 1. The summed E-state index contributed by atoms with van der Waals surface area (Å²) in [6, 6.07) is 56.7. The molecule has 13 heterocycles. The number of rotatable bonds is 25. The zero-order valence-electron chi connectivity index (χ0n) is 83.6. The van der Waals surface area contributed by atoms with Crippen LogP contribution in [0.5, 0.6) is 0 Å². The van der Waals surface area contributed by atoms with Gasteiger partial charge in [0.1, 0.15) is 45.4 Å². The van der Waals surface area contributed by atoms with Crippen molar-refractivity contribution in [1.29, 1.82) is 0 Å². The summed E-state index contributed by atoms with van der Waals surface area (Å²) in [5.74, 6) is 8.08. The normalized spacial score (nSPS) is 14.1. The summed E-state index contributed by atoms with van der Waals surface area (Å²) in [4.78, 5) is 108. The van der Waals surface area contributed by atoms with E-state index in [4.69, 9.17) is 29.7 Å². The Morgan fingerprint density at radius 2 is 0.748 bits per heavy atom. The number of imidazole rings is 8. The predicted octanol–water partition coefficient (Wildman–Crippen LogP) is 19.4. The molecule has 2 aliphatic rings. The fourth-order valence-corrected chi connectivity index (χ4v) is 19.9. The molecule has 734 valence electrons. The van der Waals surface area contributed by atoms with Crippen molar-refractivity contribution in [3.8, 4) is 79.7 Å². The van der Waals surface area contributed by atoms with Crippen LogP contribution in [0.15, 0.2) is 257 Å². The van der Waals surface area contributed by atoms with E-state index in [1.165, 1.54) is 39.5 Å². The number of hydrogen-bond donors (Lipinski definition) is 1. The quantitative estimate of drug-likeness (QED) is 0.0556. The van der Waals surface area contributed by atoms with Crippen LogP contribution in [-0.2, 0) is 72.7 Å². The van der Waals surface area contributed by atoms with Gasteiger partial charge < -0.3 is 23.8 Å². The second-order valence-electron chi connectivity index (χ2n) is 38.5. The lowest BCUT2D eigenvalue weighted by Gasteiger charge is -2.28. The summed E-state index contributed by atoms with van der Waals surface area (Å²) in [7, 11) is 10.8. The second-order valence-corrected chi connectivity index (χ2v) is 38.5. The molecule has 30 nitrogen and oxygen atoms in total. The van der Waals surface area contributed by atoms with Crippen molar-refractivity contribution in [1.82, 2.24) is 120 Å². The third kappa shape index (κ3) is 20.4. The molecule has 19 aromatic rings. The molecule has 0 atom stereocenters. The van der Waals surface area contributed by atoms with Crippen molar-refractivity contribution in [2.24, 2.45) is 41.2 Å². The minimum absolute atomic E-state index is 0.0135. The number of methoxy groups -OCH3 is 1. The first-order chi connectivity index (χ1) is 69.2. The Morgan fingerprint density at radius 1 is 0.399 bits per heavy atom. The number of fused-ring (bicyclic) bond motifs is 4. The molecular weight excluding hydrogens is 1800 g/mol. The highest BCUT2D eigenvalue weighted by atomic mass is 19.3. The largest absolute Gasteiger partial charge is 0.383 e. The molecule has 1 saturated carbocycles. The first-order valence-corrected chi connectivity index (χ1v) is 49.1. The Bertz CT molecular complexity index is 8020. The number of halogens is 2. The molecule has 32 heteroatoms. The van der Waals surface area contributed by atoms with Crippen LogP contribution in [0.2, 0.25) is 0 Å². The highest BCUT2D eigenvalue weighted by molar-refractivity contribution is 5.79. The van der Waals surface area contributed by atoms with E-state index in [2.05, 4.69) is 196 Å². The van der Waals surface area contributed by atoms with E-state index in [0.29, 0.717) is 125 Å². The molecule has 1 aliphatic heterocycles. The van der Waals surface area contributed by atoms with E-state index in [-0.39, 0.29) is 35.1 Å². The molecule has 143 heavy (non-hydrogen) atoms. The van der Waals surface area contributed by atoms with Gasteiger partial charge in [-0.15, -0.1) is 0 Å². The first-order valence-electron chi connectivity index (χ1n) is 49.1. The van der Waals surface area contributed by atoms with E-state index in [9.17, 15) is 28.0 Å². The van der Waals surface area contributed by atoms with Gasteiger partial charge in [-0.25, -0.2) is 79.0 Å². The van der Waals surface area contributed by atoms with Crippen LogP contribution in [0.25, 0.3) is 124 Å². The third-order valence-electron chi connectivity index (χ3n) is 27.7. The third-order valence-corrected chi connectivity index (χ3v) is 27.7. The number of ether oxygens (including phenoxy) is 1. The van der Waals surface area contributed by atoms with Crippen LogP contribution < -0.4 is 28.1 Å². The van der Waals surface area contributed by atoms with Gasteiger partial charge in [0.05, 0.1) is 56.7 Å². The van der Waals surface area contributed by atoms with Crippen LogP contribution in [0.1, 0.15) is 187 Å². The van der Waals surface area contributed by atoms with E-state index in [0.717, 1.165) is 152 Å². The van der Waals surface area contributed by atoms with Crippen LogP contribution in [0.3, 0.4) is 0 Å². The van der Waals surface area contributed by atoms with Crippen molar-refractivity contribution in [3.63, 3.8) is 0 Å². The van der Waals surface area contributed by atoms with Crippen molar-refractivity contribution in [2.75, 3.05) is 26.8 Å². The topological polar surface area (TPSA) is 303 Å². The molecule has 0 spiro atoms. The maximum atomic E-state index is 13.2. The molecule has 21 rings (SSSR count). The number of aryl methyl sites for hydroxylation is 6.